The highest BCUT2D eigenvalue weighted by atomic mass is 32.2. The Hall–Kier alpha value is -1.86. The van der Waals surface area contributed by atoms with Crippen LogP contribution in [0.15, 0.2) is 36.4 Å². The number of carbonyl (C=O) groups excluding carboxylic acids is 1. The minimum Gasteiger partial charge on any atom is -0.496 e. The summed E-state index contributed by atoms with van der Waals surface area (Å²) in [6.07, 6.45) is 5.02. The third-order valence-corrected chi connectivity index (χ3v) is 4.94. The van der Waals surface area contributed by atoms with E-state index in [0.717, 1.165) is 17.6 Å². The number of rotatable bonds is 6. The lowest BCUT2D eigenvalue weighted by atomic mass is 10.1. The van der Waals surface area contributed by atoms with Crippen molar-refractivity contribution in [2.24, 2.45) is 0 Å². The van der Waals surface area contributed by atoms with Crippen LogP contribution in [0.1, 0.15) is 12.5 Å². The van der Waals surface area contributed by atoms with E-state index in [0.29, 0.717) is 6.42 Å². The van der Waals surface area contributed by atoms with Gasteiger partial charge < -0.3 is 10.1 Å². The van der Waals surface area contributed by atoms with Crippen molar-refractivity contribution in [3.63, 3.8) is 0 Å². The fraction of sp³-hybridized carbons (Fsp3) is 0.438. The Bertz CT molecular complexity index is 700. The molecule has 2 rings (SSSR count). The lowest BCUT2D eigenvalue weighted by molar-refractivity contribution is -0.123. The molecule has 1 heterocycles. The van der Waals surface area contributed by atoms with Gasteiger partial charge in [0.1, 0.15) is 11.8 Å². The van der Waals surface area contributed by atoms with E-state index < -0.39 is 16.1 Å². The van der Waals surface area contributed by atoms with E-state index in [1.807, 2.05) is 31.2 Å². The van der Waals surface area contributed by atoms with Crippen molar-refractivity contribution < 1.29 is 17.9 Å². The Morgan fingerprint density at radius 2 is 2.13 bits per heavy atom. The minimum absolute atomic E-state index is 0.144. The molecule has 1 aromatic rings. The maximum absolute atomic E-state index is 12.4. The molecular formula is C16H22N2O4S. The van der Waals surface area contributed by atoms with Crippen molar-refractivity contribution >= 4 is 15.9 Å². The summed E-state index contributed by atoms with van der Waals surface area (Å²) in [6.45, 7) is 2.12. The normalized spacial score (nSPS) is 19.5. The molecule has 1 aliphatic heterocycles. The molecule has 7 heteroatoms. The molecule has 0 unspecified atom stereocenters. The number of nitrogens with one attached hydrogen (secondary N) is 1. The van der Waals surface area contributed by atoms with Gasteiger partial charge in [-0.05, 0) is 25.0 Å². The van der Waals surface area contributed by atoms with Gasteiger partial charge in [-0.25, -0.2) is 8.42 Å². The standard InChI is InChI=1S/C16H22N2O4S/c1-12(11-13-7-4-5-9-15(13)22-2)17-16(19)14-8-6-10-18(14)23(3,20)21/h4-9,12,14H,10-11H2,1-3H3,(H,17,19)/t12-,14+/m1/s1. The van der Waals surface area contributed by atoms with Gasteiger partial charge in [0.15, 0.2) is 0 Å². The first kappa shape index (κ1) is 17.5. The molecule has 1 amide bonds. The minimum atomic E-state index is -3.41. The van der Waals surface area contributed by atoms with E-state index in [4.69, 9.17) is 4.74 Å². The van der Waals surface area contributed by atoms with Crippen LogP contribution in [0.25, 0.3) is 0 Å². The van der Waals surface area contributed by atoms with Crippen LogP contribution >= 0.6 is 0 Å². The maximum Gasteiger partial charge on any atom is 0.242 e. The predicted molar refractivity (Wildman–Crippen MR) is 88.8 cm³/mol. The van der Waals surface area contributed by atoms with E-state index in [1.54, 1.807) is 19.3 Å². The Morgan fingerprint density at radius 3 is 2.78 bits per heavy atom. The van der Waals surface area contributed by atoms with Crippen LogP contribution in [-0.2, 0) is 21.2 Å². The number of hydrogen-bond acceptors (Lipinski definition) is 4. The van der Waals surface area contributed by atoms with Crippen molar-refractivity contribution in [1.29, 1.82) is 0 Å². The first-order chi connectivity index (χ1) is 10.8. The van der Waals surface area contributed by atoms with Crippen molar-refractivity contribution in [2.45, 2.75) is 25.4 Å². The fourth-order valence-corrected chi connectivity index (χ4v) is 3.58. The van der Waals surface area contributed by atoms with Crippen LogP contribution in [0, 0.1) is 0 Å². The molecule has 0 aliphatic carbocycles. The van der Waals surface area contributed by atoms with Crippen LogP contribution in [0.2, 0.25) is 0 Å². The molecule has 0 aromatic heterocycles. The smallest absolute Gasteiger partial charge is 0.242 e. The van der Waals surface area contributed by atoms with Crippen LogP contribution < -0.4 is 10.1 Å². The molecule has 6 nitrogen and oxygen atoms in total. The zero-order valence-electron chi connectivity index (χ0n) is 13.5. The molecule has 0 bridgehead atoms. The second-order valence-electron chi connectivity index (χ2n) is 5.63. The lowest BCUT2D eigenvalue weighted by Gasteiger charge is -2.23. The van der Waals surface area contributed by atoms with E-state index in [1.165, 1.54) is 4.31 Å². The Balaban J connectivity index is 2.01. The topological polar surface area (TPSA) is 75.7 Å². The van der Waals surface area contributed by atoms with Gasteiger partial charge in [-0.3, -0.25) is 4.79 Å². The van der Waals surface area contributed by atoms with Crippen molar-refractivity contribution in [1.82, 2.24) is 9.62 Å². The number of sulfonamides is 1. The van der Waals surface area contributed by atoms with Crippen molar-refractivity contribution in [3.8, 4) is 5.75 Å². The fourth-order valence-electron chi connectivity index (χ4n) is 2.64. The number of para-hydroxylation sites is 1. The molecule has 0 saturated heterocycles. The molecule has 0 spiro atoms. The molecule has 1 aromatic carbocycles. The van der Waals surface area contributed by atoms with Crippen molar-refractivity contribution in [2.75, 3.05) is 19.9 Å². The SMILES string of the molecule is COc1ccccc1C[C@@H](C)NC(=O)[C@@H]1C=CCN1S(C)(=O)=O. The van der Waals surface area contributed by atoms with E-state index in [2.05, 4.69) is 5.32 Å². The maximum atomic E-state index is 12.4. The van der Waals surface area contributed by atoms with Crippen LogP contribution in [0.3, 0.4) is 0 Å². The molecule has 1 N–H and O–H groups in total. The highest BCUT2D eigenvalue weighted by Gasteiger charge is 2.33. The van der Waals surface area contributed by atoms with E-state index in [-0.39, 0.29) is 18.5 Å². The van der Waals surface area contributed by atoms with Crippen LogP contribution in [0.4, 0.5) is 0 Å². The van der Waals surface area contributed by atoms with Gasteiger partial charge in [0, 0.05) is 12.6 Å². The summed E-state index contributed by atoms with van der Waals surface area (Å²) < 4.78 is 29.9. The summed E-state index contributed by atoms with van der Waals surface area (Å²) in [7, 11) is -1.81. The number of methoxy groups -OCH3 is 1. The van der Waals surface area contributed by atoms with Gasteiger partial charge in [-0.1, -0.05) is 30.4 Å². The number of amides is 1. The third-order valence-electron chi connectivity index (χ3n) is 3.72. The zero-order valence-corrected chi connectivity index (χ0v) is 14.3. The number of benzene rings is 1. The number of hydrogen-bond donors (Lipinski definition) is 1. The molecule has 1 aliphatic rings. The van der Waals surface area contributed by atoms with E-state index >= 15 is 0 Å². The summed E-state index contributed by atoms with van der Waals surface area (Å²) in [5, 5.41) is 2.87. The largest absolute Gasteiger partial charge is 0.496 e. The molecule has 0 saturated carbocycles. The summed E-state index contributed by atoms with van der Waals surface area (Å²) in [4.78, 5) is 12.4. The molecular weight excluding hydrogens is 316 g/mol. The Labute approximate surface area is 137 Å². The summed E-state index contributed by atoms with van der Waals surface area (Å²) in [5.41, 5.74) is 0.990. The van der Waals surface area contributed by atoms with Gasteiger partial charge in [-0.15, -0.1) is 0 Å². The average Bonchev–Trinajstić information content (AvgIpc) is 2.97. The molecule has 0 radical (unpaired) electrons. The summed E-state index contributed by atoms with van der Waals surface area (Å²) in [5.74, 6) is 0.457. The first-order valence-corrected chi connectivity index (χ1v) is 9.23. The molecule has 0 fully saturated rings. The lowest BCUT2D eigenvalue weighted by Crippen LogP contribution is -2.48. The highest BCUT2D eigenvalue weighted by Crippen LogP contribution is 2.19. The second-order valence-corrected chi connectivity index (χ2v) is 7.57. The Morgan fingerprint density at radius 1 is 1.43 bits per heavy atom. The zero-order chi connectivity index (χ0) is 17.0. The van der Waals surface area contributed by atoms with E-state index in [9.17, 15) is 13.2 Å². The van der Waals surface area contributed by atoms with Gasteiger partial charge in [0.25, 0.3) is 0 Å². The molecule has 23 heavy (non-hydrogen) atoms. The quantitative estimate of drug-likeness (QED) is 0.784. The average molecular weight is 338 g/mol. The number of ether oxygens (including phenoxy) is 1. The van der Waals surface area contributed by atoms with Crippen LogP contribution in [0.5, 0.6) is 5.75 Å². The Kier molecular flexibility index (Phi) is 5.43. The van der Waals surface area contributed by atoms with Gasteiger partial charge in [-0.2, -0.15) is 4.31 Å². The van der Waals surface area contributed by atoms with Gasteiger partial charge in [0.05, 0.1) is 13.4 Å². The first-order valence-electron chi connectivity index (χ1n) is 7.38. The summed E-state index contributed by atoms with van der Waals surface area (Å²) in [6, 6.07) is 6.70. The third kappa shape index (κ3) is 4.33. The summed E-state index contributed by atoms with van der Waals surface area (Å²) >= 11 is 0. The van der Waals surface area contributed by atoms with Gasteiger partial charge in [0.2, 0.25) is 15.9 Å². The predicted octanol–water partition coefficient (Wildman–Crippen LogP) is 0.942. The van der Waals surface area contributed by atoms with Crippen LogP contribution in [-0.4, -0.2) is 50.6 Å². The highest BCUT2D eigenvalue weighted by molar-refractivity contribution is 7.88. The number of nitrogens with zero attached hydrogens (tertiary/aromatic N) is 1. The van der Waals surface area contributed by atoms with Gasteiger partial charge >= 0.3 is 0 Å². The second kappa shape index (κ2) is 7.14. The van der Waals surface area contributed by atoms with Crippen molar-refractivity contribution in [3.05, 3.63) is 42.0 Å². The number of carbonyl (C=O) groups is 1. The monoisotopic (exact) mass is 338 g/mol. The molecule has 126 valence electrons. The molecule has 2 atom stereocenters.